The maximum Gasteiger partial charge on any atom is 0.326 e. The SMILES string of the molecule is O=C(O)[C@@H]1C[C@@H](O)CN1C(=O)C1CC=CCC1. The van der Waals surface area contributed by atoms with Gasteiger partial charge in [0.15, 0.2) is 0 Å². The Hall–Kier alpha value is -1.36. The zero-order chi connectivity index (χ0) is 12.4. The van der Waals surface area contributed by atoms with Crippen LogP contribution in [0.3, 0.4) is 0 Å². The summed E-state index contributed by atoms with van der Waals surface area (Å²) in [6.07, 6.45) is 5.76. The lowest BCUT2D eigenvalue weighted by atomic mass is 9.93. The summed E-state index contributed by atoms with van der Waals surface area (Å²) in [5, 5.41) is 18.5. The van der Waals surface area contributed by atoms with Crippen LogP contribution in [0.2, 0.25) is 0 Å². The van der Waals surface area contributed by atoms with Crippen molar-refractivity contribution in [1.82, 2.24) is 4.90 Å². The maximum absolute atomic E-state index is 12.2. The third-order valence-electron chi connectivity index (χ3n) is 3.47. The molecular formula is C12H17NO4. The number of hydrogen-bond acceptors (Lipinski definition) is 3. The highest BCUT2D eigenvalue weighted by atomic mass is 16.4. The molecule has 3 atom stereocenters. The number of allylic oxidation sites excluding steroid dienone is 2. The molecule has 2 aliphatic rings. The molecule has 1 amide bonds. The summed E-state index contributed by atoms with van der Waals surface area (Å²) >= 11 is 0. The van der Waals surface area contributed by atoms with Crippen molar-refractivity contribution in [2.24, 2.45) is 5.92 Å². The van der Waals surface area contributed by atoms with Gasteiger partial charge in [0.25, 0.3) is 0 Å². The second kappa shape index (κ2) is 4.87. The number of β-amino-alcohol motifs (C(OH)–C–C–N with tert-alkyl or cyclic N) is 1. The van der Waals surface area contributed by atoms with E-state index in [0.717, 1.165) is 12.8 Å². The van der Waals surface area contributed by atoms with Gasteiger partial charge in [-0.15, -0.1) is 0 Å². The number of amides is 1. The summed E-state index contributed by atoms with van der Waals surface area (Å²) in [5.74, 6) is -1.27. The number of hydrogen-bond donors (Lipinski definition) is 2. The van der Waals surface area contributed by atoms with Crippen molar-refractivity contribution in [3.8, 4) is 0 Å². The minimum atomic E-state index is -1.03. The summed E-state index contributed by atoms with van der Waals surface area (Å²) in [6.45, 7) is 0.149. The van der Waals surface area contributed by atoms with Crippen LogP contribution in [0, 0.1) is 5.92 Å². The van der Waals surface area contributed by atoms with E-state index in [9.17, 15) is 14.7 Å². The van der Waals surface area contributed by atoms with Crippen LogP contribution >= 0.6 is 0 Å². The molecule has 94 valence electrons. The third kappa shape index (κ3) is 2.49. The molecule has 0 aromatic rings. The first-order valence-electron chi connectivity index (χ1n) is 5.96. The highest BCUT2D eigenvalue weighted by molar-refractivity contribution is 5.86. The van der Waals surface area contributed by atoms with Crippen molar-refractivity contribution >= 4 is 11.9 Å². The molecule has 1 fully saturated rings. The number of carboxylic acid groups (broad SMARTS) is 1. The van der Waals surface area contributed by atoms with Gasteiger partial charge in [-0.3, -0.25) is 4.79 Å². The van der Waals surface area contributed by atoms with Gasteiger partial charge in [0.05, 0.1) is 6.10 Å². The quantitative estimate of drug-likeness (QED) is 0.683. The predicted molar refractivity (Wildman–Crippen MR) is 60.2 cm³/mol. The van der Waals surface area contributed by atoms with Gasteiger partial charge >= 0.3 is 5.97 Å². The lowest BCUT2D eigenvalue weighted by Crippen LogP contribution is -2.43. The zero-order valence-corrected chi connectivity index (χ0v) is 9.58. The number of nitrogens with zero attached hydrogens (tertiary/aromatic N) is 1. The molecule has 1 heterocycles. The van der Waals surface area contributed by atoms with E-state index in [4.69, 9.17) is 5.11 Å². The maximum atomic E-state index is 12.2. The number of carbonyl (C=O) groups excluding carboxylic acids is 1. The van der Waals surface area contributed by atoms with Gasteiger partial charge in [-0.2, -0.15) is 0 Å². The Morgan fingerprint density at radius 1 is 1.29 bits per heavy atom. The van der Waals surface area contributed by atoms with Gasteiger partial charge < -0.3 is 15.1 Å². The van der Waals surface area contributed by atoms with Gasteiger partial charge in [0.2, 0.25) is 5.91 Å². The third-order valence-corrected chi connectivity index (χ3v) is 3.47. The highest BCUT2D eigenvalue weighted by Crippen LogP contribution is 2.26. The Bertz CT molecular complexity index is 352. The van der Waals surface area contributed by atoms with E-state index < -0.39 is 18.1 Å². The van der Waals surface area contributed by atoms with Crippen molar-refractivity contribution < 1.29 is 19.8 Å². The zero-order valence-electron chi connectivity index (χ0n) is 9.58. The van der Waals surface area contributed by atoms with Crippen LogP contribution < -0.4 is 0 Å². The average molecular weight is 239 g/mol. The molecule has 0 spiro atoms. The Morgan fingerprint density at radius 2 is 2.06 bits per heavy atom. The lowest BCUT2D eigenvalue weighted by Gasteiger charge is -2.27. The van der Waals surface area contributed by atoms with Crippen molar-refractivity contribution in [1.29, 1.82) is 0 Å². The summed E-state index contributed by atoms with van der Waals surface area (Å²) in [4.78, 5) is 24.5. The molecule has 2 rings (SSSR count). The van der Waals surface area contributed by atoms with Crippen molar-refractivity contribution in [2.75, 3.05) is 6.54 Å². The van der Waals surface area contributed by atoms with Crippen LogP contribution in [0.5, 0.6) is 0 Å². The fourth-order valence-corrected chi connectivity index (χ4v) is 2.54. The number of aliphatic carboxylic acids is 1. The minimum Gasteiger partial charge on any atom is -0.480 e. The topological polar surface area (TPSA) is 77.8 Å². The molecule has 0 bridgehead atoms. The molecule has 5 heteroatoms. The van der Waals surface area contributed by atoms with E-state index in [1.807, 2.05) is 12.2 Å². The molecule has 1 unspecified atom stereocenters. The average Bonchev–Trinajstić information content (AvgIpc) is 2.72. The lowest BCUT2D eigenvalue weighted by molar-refractivity contribution is -0.150. The molecule has 0 aromatic heterocycles. The molecule has 0 saturated carbocycles. The van der Waals surface area contributed by atoms with Gasteiger partial charge in [0, 0.05) is 18.9 Å². The van der Waals surface area contributed by atoms with Crippen molar-refractivity contribution in [3.63, 3.8) is 0 Å². The van der Waals surface area contributed by atoms with Gasteiger partial charge in [0.1, 0.15) is 6.04 Å². The fourth-order valence-electron chi connectivity index (χ4n) is 2.54. The number of rotatable bonds is 2. The standard InChI is InChI=1S/C12H17NO4/c14-9-6-10(12(16)17)13(7-9)11(15)8-4-2-1-3-5-8/h1-2,8-10,14H,3-7H2,(H,16,17)/t8?,9-,10+/m1/s1. The van der Waals surface area contributed by atoms with Crippen LogP contribution in [0.15, 0.2) is 12.2 Å². The highest BCUT2D eigenvalue weighted by Gasteiger charge is 2.40. The first-order valence-corrected chi connectivity index (χ1v) is 5.96. The van der Waals surface area contributed by atoms with E-state index >= 15 is 0 Å². The van der Waals surface area contributed by atoms with Crippen molar-refractivity contribution in [2.45, 2.75) is 37.8 Å². The number of aliphatic hydroxyl groups excluding tert-OH is 1. The van der Waals surface area contributed by atoms with E-state index in [1.54, 1.807) is 0 Å². The second-order valence-corrected chi connectivity index (χ2v) is 4.72. The number of carboxylic acids is 1. The molecule has 1 saturated heterocycles. The molecule has 17 heavy (non-hydrogen) atoms. The molecule has 0 aromatic carbocycles. The van der Waals surface area contributed by atoms with Crippen molar-refractivity contribution in [3.05, 3.63) is 12.2 Å². The van der Waals surface area contributed by atoms with E-state index in [1.165, 1.54) is 4.90 Å². The number of likely N-dealkylation sites (tertiary alicyclic amines) is 1. The minimum absolute atomic E-state index is 0.118. The fraction of sp³-hybridized carbons (Fsp3) is 0.667. The molecule has 2 N–H and O–H groups in total. The Labute approximate surface area is 99.7 Å². The van der Waals surface area contributed by atoms with Crippen LogP contribution in [-0.4, -0.2) is 45.7 Å². The summed E-state index contributed by atoms with van der Waals surface area (Å²) < 4.78 is 0. The van der Waals surface area contributed by atoms with Gasteiger partial charge in [-0.05, 0) is 19.3 Å². The smallest absolute Gasteiger partial charge is 0.326 e. The molecule has 1 aliphatic heterocycles. The Balaban J connectivity index is 2.07. The molecular weight excluding hydrogens is 222 g/mol. The second-order valence-electron chi connectivity index (χ2n) is 4.72. The number of aliphatic hydroxyl groups is 1. The van der Waals surface area contributed by atoms with Gasteiger partial charge in [-0.1, -0.05) is 12.2 Å². The summed E-state index contributed by atoms with van der Waals surface area (Å²) in [7, 11) is 0. The monoisotopic (exact) mass is 239 g/mol. The Morgan fingerprint density at radius 3 is 2.65 bits per heavy atom. The Kier molecular flexibility index (Phi) is 3.47. The van der Waals surface area contributed by atoms with Crippen LogP contribution in [0.1, 0.15) is 25.7 Å². The van der Waals surface area contributed by atoms with Crippen LogP contribution in [-0.2, 0) is 9.59 Å². The van der Waals surface area contributed by atoms with E-state index in [-0.39, 0.29) is 24.8 Å². The first kappa shape index (κ1) is 12.1. The van der Waals surface area contributed by atoms with E-state index in [2.05, 4.69) is 0 Å². The van der Waals surface area contributed by atoms with Gasteiger partial charge in [-0.25, -0.2) is 4.79 Å². The summed E-state index contributed by atoms with van der Waals surface area (Å²) in [5.41, 5.74) is 0. The van der Waals surface area contributed by atoms with Crippen LogP contribution in [0.25, 0.3) is 0 Å². The molecule has 5 nitrogen and oxygen atoms in total. The normalized spacial score (nSPS) is 32.8. The van der Waals surface area contributed by atoms with Crippen LogP contribution in [0.4, 0.5) is 0 Å². The molecule has 0 radical (unpaired) electrons. The summed E-state index contributed by atoms with van der Waals surface area (Å²) in [6, 6.07) is -0.858. The number of carbonyl (C=O) groups is 2. The first-order chi connectivity index (χ1) is 8.09. The largest absolute Gasteiger partial charge is 0.480 e. The van der Waals surface area contributed by atoms with E-state index in [0.29, 0.717) is 6.42 Å². The predicted octanol–water partition coefficient (Wildman–Crippen LogP) is 0.389. The molecule has 1 aliphatic carbocycles.